The fourth-order valence-electron chi connectivity index (χ4n) is 8.57. The first-order chi connectivity index (χ1) is 25.2. The minimum atomic E-state index is -0.528. The van der Waals surface area contributed by atoms with Crippen LogP contribution in [0.25, 0.3) is 33.9 Å². The molecule has 0 saturated carbocycles. The van der Waals surface area contributed by atoms with Crippen LogP contribution < -0.4 is 5.73 Å². The van der Waals surface area contributed by atoms with Gasteiger partial charge in [-0.15, -0.1) is 0 Å². The van der Waals surface area contributed by atoms with E-state index in [0.29, 0.717) is 0 Å². The van der Waals surface area contributed by atoms with E-state index in [1.54, 1.807) is 0 Å². The van der Waals surface area contributed by atoms with Gasteiger partial charge < -0.3 is 5.73 Å². The van der Waals surface area contributed by atoms with Gasteiger partial charge in [0.25, 0.3) is 0 Å². The first-order valence-electron chi connectivity index (χ1n) is 17.9. The normalized spacial score (nSPS) is 16.6. The minimum Gasteiger partial charge on any atom is -0.321 e. The summed E-state index contributed by atoms with van der Waals surface area (Å²) in [6.45, 7) is 2.33. The monoisotopic (exact) mass is 657 g/mol. The Morgan fingerprint density at radius 2 is 1.29 bits per heavy atom. The minimum absolute atomic E-state index is 0.268. The maximum Gasteiger partial charge on any atom is 0.135 e. The molecule has 0 aliphatic heterocycles. The Labute approximate surface area is 299 Å². The molecule has 7 aromatic rings. The Balaban J connectivity index is 1.39. The van der Waals surface area contributed by atoms with E-state index in [0.717, 1.165) is 28.9 Å². The molecule has 0 radical (unpaired) electrons. The predicted molar refractivity (Wildman–Crippen MR) is 213 cm³/mol. The molecule has 0 amide bonds. The first kappa shape index (κ1) is 31.0. The van der Waals surface area contributed by atoms with Gasteiger partial charge in [-0.2, -0.15) is 0 Å². The van der Waals surface area contributed by atoms with Crippen molar-refractivity contribution in [1.29, 1.82) is 0 Å². The van der Waals surface area contributed by atoms with Crippen LogP contribution in [0.4, 0.5) is 0 Å². The molecule has 9 rings (SSSR count). The second-order valence-corrected chi connectivity index (χ2v) is 13.7. The van der Waals surface area contributed by atoms with Gasteiger partial charge >= 0.3 is 0 Å². The van der Waals surface area contributed by atoms with Crippen molar-refractivity contribution in [2.75, 3.05) is 0 Å². The van der Waals surface area contributed by atoms with E-state index in [-0.39, 0.29) is 12.0 Å². The molecule has 1 aromatic heterocycles. The summed E-state index contributed by atoms with van der Waals surface area (Å²) in [6.07, 6.45) is 9.72. The highest BCUT2D eigenvalue weighted by molar-refractivity contribution is 6.01. The number of rotatable bonds is 7. The summed E-state index contributed by atoms with van der Waals surface area (Å²) in [7, 11) is 0. The Kier molecular flexibility index (Phi) is 7.71. The molecule has 1 heterocycles. The maximum atomic E-state index is 6.98. The number of aromatic nitrogens is 1. The number of aliphatic imine (C=N–C) groups is 1. The van der Waals surface area contributed by atoms with Gasteiger partial charge in [-0.25, -0.2) is 4.99 Å². The van der Waals surface area contributed by atoms with Crippen LogP contribution in [0.5, 0.6) is 0 Å². The third kappa shape index (κ3) is 4.96. The van der Waals surface area contributed by atoms with Crippen LogP contribution in [0.1, 0.15) is 69.9 Å². The average molecular weight is 658 g/mol. The zero-order valence-corrected chi connectivity index (χ0v) is 28.7. The first-order valence-corrected chi connectivity index (χ1v) is 17.9. The number of allylic oxidation sites excluding steroid dienone is 1. The van der Waals surface area contributed by atoms with Crippen molar-refractivity contribution in [3.63, 3.8) is 0 Å². The number of benzene rings is 6. The largest absolute Gasteiger partial charge is 0.321 e. The molecule has 0 fully saturated rings. The highest BCUT2D eigenvalue weighted by Gasteiger charge is 2.47. The van der Waals surface area contributed by atoms with Crippen molar-refractivity contribution >= 4 is 29.0 Å². The van der Waals surface area contributed by atoms with Gasteiger partial charge in [-0.1, -0.05) is 171 Å². The van der Waals surface area contributed by atoms with Crippen molar-refractivity contribution in [3.8, 4) is 11.1 Å². The third-order valence-electron chi connectivity index (χ3n) is 10.8. The summed E-state index contributed by atoms with van der Waals surface area (Å²) in [5.41, 5.74) is 19.9. The SMILES string of the molecule is CC1CC=Cc2c1n(C(=C/C(N)c1ccccc1)/N=C/c1ccccc1)c1cccc(C3(c4ccccc4)c4ccccc4-c4ccccc43)c21. The van der Waals surface area contributed by atoms with E-state index >= 15 is 0 Å². The van der Waals surface area contributed by atoms with Crippen LogP contribution in [0.2, 0.25) is 0 Å². The second kappa shape index (κ2) is 12.7. The smallest absolute Gasteiger partial charge is 0.135 e. The molecule has 2 aliphatic carbocycles. The van der Waals surface area contributed by atoms with Gasteiger partial charge in [-0.05, 0) is 63.1 Å². The fourth-order valence-corrected chi connectivity index (χ4v) is 8.57. The highest BCUT2D eigenvalue weighted by Crippen LogP contribution is 2.58. The Morgan fingerprint density at radius 1 is 0.706 bits per heavy atom. The number of hydrogen-bond acceptors (Lipinski definition) is 2. The van der Waals surface area contributed by atoms with Crippen molar-refractivity contribution in [3.05, 3.63) is 215 Å². The second-order valence-electron chi connectivity index (χ2n) is 13.7. The van der Waals surface area contributed by atoms with Crippen LogP contribution in [-0.2, 0) is 5.41 Å². The Bertz CT molecular complexity index is 2420. The summed E-state index contributed by atoms with van der Waals surface area (Å²) < 4.78 is 2.40. The van der Waals surface area contributed by atoms with E-state index in [1.807, 2.05) is 42.6 Å². The molecule has 0 spiro atoms. The van der Waals surface area contributed by atoms with Gasteiger partial charge in [0.05, 0.1) is 17.0 Å². The number of nitrogens with zero attached hydrogens (tertiary/aromatic N) is 2. The molecule has 3 heteroatoms. The van der Waals surface area contributed by atoms with Crippen LogP contribution in [0, 0.1) is 0 Å². The topological polar surface area (TPSA) is 43.3 Å². The van der Waals surface area contributed by atoms with Crippen LogP contribution in [-0.4, -0.2) is 10.8 Å². The van der Waals surface area contributed by atoms with E-state index in [9.17, 15) is 0 Å². The van der Waals surface area contributed by atoms with Crippen LogP contribution in [0.3, 0.4) is 0 Å². The van der Waals surface area contributed by atoms with E-state index in [2.05, 4.69) is 151 Å². The third-order valence-corrected chi connectivity index (χ3v) is 10.8. The standard InChI is InChI=1S/C48H39N3/c1-33-17-15-26-39-46-42(48(36-22-9-4-10-23-36)40-27-13-11-24-37(40)38-25-12-14-28-41(38)48)29-16-30-44(46)51(47(33)39)45(50-32-34-18-5-2-6-19-34)31-43(49)35-20-7-3-8-21-35/h2-16,18-33,43H,17,49H2,1H3/b45-31+,50-32+. The molecular weight excluding hydrogens is 619 g/mol. The zero-order chi connectivity index (χ0) is 34.4. The molecular formula is C48H39N3. The summed E-state index contributed by atoms with van der Waals surface area (Å²) in [5, 5.41) is 1.25. The zero-order valence-electron chi connectivity index (χ0n) is 28.7. The van der Waals surface area contributed by atoms with E-state index < -0.39 is 5.41 Å². The molecule has 0 bridgehead atoms. The molecule has 51 heavy (non-hydrogen) atoms. The van der Waals surface area contributed by atoms with Crippen molar-refractivity contribution in [2.24, 2.45) is 10.7 Å². The van der Waals surface area contributed by atoms with Gasteiger partial charge in [0.1, 0.15) is 5.82 Å². The van der Waals surface area contributed by atoms with Crippen molar-refractivity contribution in [2.45, 2.75) is 30.7 Å². The molecule has 2 aliphatic rings. The van der Waals surface area contributed by atoms with E-state index in [1.165, 1.54) is 50.0 Å². The Morgan fingerprint density at radius 3 is 1.98 bits per heavy atom. The number of nitrogens with two attached hydrogens (primary N) is 1. The quantitative estimate of drug-likeness (QED) is 0.170. The Hall–Kier alpha value is -6.03. The van der Waals surface area contributed by atoms with Crippen LogP contribution in [0.15, 0.2) is 175 Å². The van der Waals surface area contributed by atoms with E-state index in [4.69, 9.17) is 10.7 Å². The summed E-state index contributed by atoms with van der Waals surface area (Å²) in [6, 6.07) is 56.1. The van der Waals surface area contributed by atoms with Crippen LogP contribution >= 0.6 is 0 Å². The molecule has 246 valence electrons. The molecule has 3 nitrogen and oxygen atoms in total. The van der Waals surface area contributed by atoms with Crippen molar-refractivity contribution < 1.29 is 0 Å². The fraction of sp³-hybridized carbons (Fsp3) is 0.104. The lowest BCUT2D eigenvalue weighted by Gasteiger charge is -2.34. The molecule has 2 N–H and O–H groups in total. The lowest BCUT2D eigenvalue weighted by molar-refractivity contribution is 0.723. The lowest BCUT2D eigenvalue weighted by atomic mass is 9.66. The predicted octanol–water partition coefficient (Wildman–Crippen LogP) is 11.1. The molecule has 2 atom stereocenters. The number of hydrogen-bond donors (Lipinski definition) is 1. The maximum absolute atomic E-state index is 6.98. The van der Waals surface area contributed by atoms with Gasteiger partial charge in [0.15, 0.2) is 0 Å². The number of fused-ring (bicyclic) bond motifs is 6. The van der Waals surface area contributed by atoms with Gasteiger partial charge in [-0.3, -0.25) is 4.57 Å². The van der Waals surface area contributed by atoms with Gasteiger partial charge in [0, 0.05) is 28.8 Å². The summed E-state index contributed by atoms with van der Waals surface area (Å²) >= 11 is 0. The molecule has 2 unspecified atom stereocenters. The lowest BCUT2D eigenvalue weighted by Crippen LogP contribution is -2.29. The molecule has 0 saturated heterocycles. The average Bonchev–Trinajstić information content (AvgIpc) is 3.70. The highest BCUT2D eigenvalue weighted by atomic mass is 15.1. The van der Waals surface area contributed by atoms with Crippen molar-refractivity contribution in [1.82, 2.24) is 4.57 Å². The summed E-state index contributed by atoms with van der Waals surface area (Å²) in [5.74, 6) is 1.09. The van der Waals surface area contributed by atoms with Gasteiger partial charge in [0.2, 0.25) is 0 Å². The molecule has 6 aromatic carbocycles. The summed E-state index contributed by atoms with van der Waals surface area (Å²) in [4.78, 5) is 5.26.